The zero-order valence-corrected chi connectivity index (χ0v) is 17.9. The number of aromatic amines is 1. The molecule has 4 aromatic rings. The van der Waals surface area contributed by atoms with Crippen molar-refractivity contribution >= 4 is 22.4 Å². The predicted octanol–water partition coefficient (Wildman–Crippen LogP) is 4.84. The van der Waals surface area contributed by atoms with E-state index in [2.05, 4.69) is 32.6 Å². The number of nitrogens with one attached hydrogen (secondary N) is 2. The molecule has 2 N–H and O–H groups in total. The van der Waals surface area contributed by atoms with Gasteiger partial charge in [-0.3, -0.25) is 20.0 Å². The summed E-state index contributed by atoms with van der Waals surface area (Å²) in [6.45, 7) is 1.28. The van der Waals surface area contributed by atoms with E-state index in [9.17, 15) is 8.78 Å². The minimum atomic E-state index is -2.59. The number of aliphatic imine (C=N–C) groups is 1. The van der Waals surface area contributed by atoms with Gasteiger partial charge in [-0.15, -0.1) is 0 Å². The lowest BCUT2D eigenvalue weighted by Gasteiger charge is -2.17. The molecule has 0 atom stereocenters. The van der Waals surface area contributed by atoms with Gasteiger partial charge in [0.25, 0.3) is 5.92 Å². The Morgan fingerprint density at radius 2 is 1.94 bits per heavy atom. The Balaban J connectivity index is 1.30. The molecule has 6 rings (SSSR count). The number of amidine groups is 1. The van der Waals surface area contributed by atoms with Gasteiger partial charge in [-0.2, -0.15) is 5.10 Å². The van der Waals surface area contributed by atoms with E-state index in [4.69, 9.17) is 4.99 Å². The zero-order valence-electron chi connectivity index (χ0n) is 17.9. The molecule has 4 heterocycles. The maximum Gasteiger partial charge on any atom is 0.261 e. The summed E-state index contributed by atoms with van der Waals surface area (Å²) in [6, 6.07) is 16.2. The molecule has 0 bridgehead atoms. The number of halogens is 2. The summed E-state index contributed by atoms with van der Waals surface area (Å²) in [5.74, 6) is -1.86. The van der Waals surface area contributed by atoms with Crippen molar-refractivity contribution in [1.29, 1.82) is 0 Å². The molecule has 2 aromatic carbocycles. The summed E-state index contributed by atoms with van der Waals surface area (Å²) < 4.78 is 27.1. The first-order valence-corrected chi connectivity index (χ1v) is 11.0. The number of nitrogens with zero attached hydrogens (tertiary/aromatic N) is 4. The zero-order chi connectivity index (χ0) is 22.4. The number of likely N-dealkylation sites (tertiary alicyclic amines) is 1. The second-order valence-electron chi connectivity index (χ2n) is 8.68. The van der Waals surface area contributed by atoms with E-state index in [0.717, 1.165) is 50.4 Å². The highest BCUT2D eigenvalue weighted by atomic mass is 19.3. The summed E-state index contributed by atoms with van der Waals surface area (Å²) in [4.78, 5) is 10.8. The molecule has 0 spiro atoms. The SMILES string of the molecule is FC1(F)CCN(Cc2cncc(-c3ccc4[nH]nc(C5=NCc6ccccc6N5)c4c3)c2)C1. The molecule has 0 saturated carbocycles. The van der Waals surface area contributed by atoms with Crippen LogP contribution in [-0.4, -0.2) is 44.9 Å². The van der Waals surface area contributed by atoms with E-state index in [0.29, 0.717) is 19.6 Å². The van der Waals surface area contributed by atoms with Crippen LogP contribution in [0.2, 0.25) is 0 Å². The molecular weight excluding hydrogens is 422 g/mol. The van der Waals surface area contributed by atoms with Crippen LogP contribution in [0.1, 0.15) is 23.2 Å². The molecule has 6 nitrogen and oxygen atoms in total. The quantitative estimate of drug-likeness (QED) is 0.473. The fourth-order valence-corrected chi connectivity index (χ4v) is 4.55. The smallest absolute Gasteiger partial charge is 0.261 e. The van der Waals surface area contributed by atoms with E-state index < -0.39 is 5.92 Å². The third-order valence-corrected chi connectivity index (χ3v) is 6.25. The van der Waals surface area contributed by atoms with Gasteiger partial charge in [0.1, 0.15) is 5.69 Å². The lowest BCUT2D eigenvalue weighted by atomic mass is 10.0. The largest absolute Gasteiger partial charge is 0.338 e. The minimum Gasteiger partial charge on any atom is -0.338 e. The van der Waals surface area contributed by atoms with Crippen molar-refractivity contribution in [1.82, 2.24) is 20.1 Å². The first-order chi connectivity index (χ1) is 16.0. The van der Waals surface area contributed by atoms with Crippen LogP contribution in [-0.2, 0) is 13.1 Å². The van der Waals surface area contributed by atoms with Crippen LogP contribution < -0.4 is 5.32 Å². The van der Waals surface area contributed by atoms with E-state index in [-0.39, 0.29) is 13.0 Å². The molecule has 0 aliphatic carbocycles. The van der Waals surface area contributed by atoms with Crippen molar-refractivity contribution in [2.24, 2.45) is 4.99 Å². The standard InChI is InChI=1S/C25H22F2N6/c26-25(27)7-8-33(15-25)14-16-9-19(12-28-11-16)17-5-6-22-20(10-17)23(32-31-22)24-29-13-18-3-1-2-4-21(18)30-24/h1-6,9-12H,7-8,13-15H2,(H,29,30)(H,31,32). The van der Waals surface area contributed by atoms with Crippen LogP contribution in [0.3, 0.4) is 0 Å². The number of para-hydroxylation sites is 1. The molecule has 2 aliphatic rings. The van der Waals surface area contributed by atoms with Crippen LogP contribution in [0.5, 0.6) is 0 Å². The molecule has 2 aromatic heterocycles. The minimum absolute atomic E-state index is 0.0809. The highest BCUT2D eigenvalue weighted by molar-refractivity contribution is 6.15. The topological polar surface area (TPSA) is 69.2 Å². The number of fused-ring (bicyclic) bond motifs is 2. The number of benzene rings is 2. The summed E-state index contributed by atoms with van der Waals surface area (Å²) in [6.07, 6.45) is 3.47. The van der Waals surface area contributed by atoms with Crippen molar-refractivity contribution < 1.29 is 8.78 Å². The van der Waals surface area contributed by atoms with E-state index in [1.807, 2.05) is 36.4 Å². The van der Waals surface area contributed by atoms with Gasteiger partial charge in [0.15, 0.2) is 5.84 Å². The molecule has 0 unspecified atom stereocenters. The number of hydrogen-bond donors (Lipinski definition) is 2. The van der Waals surface area contributed by atoms with E-state index in [1.54, 1.807) is 17.3 Å². The van der Waals surface area contributed by atoms with E-state index >= 15 is 0 Å². The summed E-state index contributed by atoms with van der Waals surface area (Å²) in [5, 5.41) is 12.0. The fourth-order valence-electron chi connectivity index (χ4n) is 4.55. The Kier molecular flexibility index (Phi) is 4.69. The molecule has 166 valence electrons. The van der Waals surface area contributed by atoms with Gasteiger partial charge >= 0.3 is 0 Å². The highest BCUT2D eigenvalue weighted by Gasteiger charge is 2.37. The van der Waals surface area contributed by atoms with Gasteiger partial charge in [0.05, 0.1) is 18.6 Å². The third kappa shape index (κ3) is 3.87. The predicted molar refractivity (Wildman–Crippen MR) is 124 cm³/mol. The molecule has 0 radical (unpaired) electrons. The number of pyridine rings is 1. The van der Waals surface area contributed by atoms with Crippen LogP contribution in [0.15, 0.2) is 65.9 Å². The summed E-state index contributed by atoms with van der Waals surface area (Å²) in [5.41, 5.74) is 6.73. The number of aromatic nitrogens is 3. The van der Waals surface area contributed by atoms with Crippen LogP contribution in [0.4, 0.5) is 14.5 Å². The third-order valence-electron chi connectivity index (χ3n) is 6.25. The van der Waals surface area contributed by atoms with Gasteiger partial charge in [-0.05, 0) is 41.0 Å². The lowest BCUT2D eigenvalue weighted by molar-refractivity contribution is 0.0115. The second-order valence-corrected chi connectivity index (χ2v) is 8.68. The molecule has 0 amide bonds. The number of hydrogen-bond acceptors (Lipinski definition) is 5. The van der Waals surface area contributed by atoms with Gasteiger partial charge in [-0.25, -0.2) is 8.78 Å². The Morgan fingerprint density at radius 1 is 1.03 bits per heavy atom. The van der Waals surface area contributed by atoms with Gasteiger partial charge < -0.3 is 5.32 Å². The average molecular weight is 444 g/mol. The molecule has 1 saturated heterocycles. The van der Waals surface area contributed by atoms with Gasteiger partial charge in [-0.1, -0.05) is 24.3 Å². The number of alkyl halides is 2. The highest BCUT2D eigenvalue weighted by Crippen LogP contribution is 2.30. The Bertz CT molecular complexity index is 1380. The maximum atomic E-state index is 13.6. The van der Waals surface area contributed by atoms with Crippen LogP contribution in [0.25, 0.3) is 22.0 Å². The number of anilines is 1. The number of rotatable bonds is 4. The molecule has 8 heteroatoms. The Morgan fingerprint density at radius 3 is 2.82 bits per heavy atom. The van der Waals surface area contributed by atoms with Crippen molar-refractivity contribution in [3.63, 3.8) is 0 Å². The molecule has 2 aliphatic heterocycles. The summed E-state index contributed by atoms with van der Waals surface area (Å²) in [7, 11) is 0. The Hall–Kier alpha value is -3.65. The first kappa shape index (κ1) is 20.0. The molecular formula is C25H22F2N6. The van der Waals surface area contributed by atoms with Crippen LogP contribution in [0, 0.1) is 0 Å². The fraction of sp³-hybridized carbons (Fsp3) is 0.240. The van der Waals surface area contributed by atoms with Gasteiger partial charge in [0, 0.05) is 48.5 Å². The summed E-state index contributed by atoms with van der Waals surface area (Å²) >= 11 is 0. The molecule has 33 heavy (non-hydrogen) atoms. The van der Waals surface area contributed by atoms with Crippen LogP contribution >= 0.6 is 0 Å². The van der Waals surface area contributed by atoms with Gasteiger partial charge in [0.2, 0.25) is 0 Å². The first-order valence-electron chi connectivity index (χ1n) is 11.0. The second kappa shape index (κ2) is 7.74. The lowest BCUT2D eigenvalue weighted by Crippen LogP contribution is -2.24. The van der Waals surface area contributed by atoms with Crippen molar-refractivity contribution in [2.45, 2.75) is 25.4 Å². The van der Waals surface area contributed by atoms with Crippen molar-refractivity contribution in [3.8, 4) is 11.1 Å². The van der Waals surface area contributed by atoms with Crippen molar-refractivity contribution in [2.75, 3.05) is 18.4 Å². The van der Waals surface area contributed by atoms with E-state index in [1.165, 1.54) is 0 Å². The monoisotopic (exact) mass is 444 g/mol. The normalized spacial score (nSPS) is 17.6. The van der Waals surface area contributed by atoms with Crippen molar-refractivity contribution in [3.05, 3.63) is 77.7 Å². The number of H-pyrrole nitrogens is 1. The molecule has 1 fully saturated rings. The average Bonchev–Trinajstić information content (AvgIpc) is 3.41. The maximum absolute atomic E-state index is 13.6. The Labute approximate surface area is 189 Å².